The molecule has 7 heteroatoms. The Balaban J connectivity index is 2.00. The van der Waals surface area contributed by atoms with Crippen LogP contribution in [0, 0.1) is 0 Å². The second-order valence-corrected chi connectivity index (χ2v) is 6.69. The van der Waals surface area contributed by atoms with Crippen LogP contribution in [0.2, 0.25) is 10.0 Å². The normalized spacial score (nSPS) is 11.8. The molecule has 0 unspecified atom stereocenters. The molecule has 4 nitrogen and oxygen atoms in total. The van der Waals surface area contributed by atoms with Gasteiger partial charge in [0.25, 0.3) is 5.91 Å². The van der Waals surface area contributed by atoms with E-state index in [4.69, 9.17) is 23.2 Å². The van der Waals surface area contributed by atoms with Gasteiger partial charge in [-0.05, 0) is 41.4 Å². The summed E-state index contributed by atoms with van der Waals surface area (Å²) in [6, 6.07) is 6.10. The van der Waals surface area contributed by atoms with Gasteiger partial charge in [0, 0.05) is 13.6 Å². The maximum atomic E-state index is 12.3. The largest absolute Gasteiger partial charge is 0.340 e. The first-order chi connectivity index (χ1) is 10.9. The lowest BCUT2D eigenvalue weighted by Crippen LogP contribution is -2.45. The standard InChI is InChI=1S/C16H16Cl2N2O2S/c1-10(16(22)20(2)8-11-6-7-23-9-11)19-15(21)12-4-3-5-13(17)14(12)18/h3-7,9-10H,8H2,1-2H3,(H,19,21)/t10-/m0/s1. The van der Waals surface area contributed by atoms with Crippen LogP contribution in [0.15, 0.2) is 35.0 Å². The molecular weight excluding hydrogens is 355 g/mol. The van der Waals surface area contributed by atoms with Crippen LogP contribution in [0.3, 0.4) is 0 Å². The number of thiophene rings is 1. The quantitative estimate of drug-likeness (QED) is 0.869. The van der Waals surface area contributed by atoms with E-state index in [1.165, 1.54) is 0 Å². The van der Waals surface area contributed by atoms with E-state index in [0.29, 0.717) is 11.6 Å². The molecule has 122 valence electrons. The highest BCUT2D eigenvalue weighted by atomic mass is 35.5. The van der Waals surface area contributed by atoms with Crippen molar-refractivity contribution in [1.29, 1.82) is 0 Å². The minimum atomic E-state index is -0.666. The fraction of sp³-hybridized carbons (Fsp3) is 0.250. The second kappa shape index (κ2) is 7.81. The number of hydrogen-bond acceptors (Lipinski definition) is 3. The summed E-state index contributed by atoms with van der Waals surface area (Å²) >= 11 is 13.5. The fourth-order valence-electron chi connectivity index (χ4n) is 2.08. The second-order valence-electron chi connectivity index (χ2n) is 5.12. The van der Waals surface area contributed by atoms with Crippen LogP contribution in [0.25, 0.3) is 0 Å². The van der Waals surface area contributed by atoms with Gasteiger partial charge in [-0.25, -0.2) is 0 Å². The number of likely N-dealkylation sites (N-methyl/N-ethyl adjacent to an activating group) is 1. The summed E-state index contributed by atoms with van der Waals surface area (Å²) in [5.74, 6) is -0.606. The summed E-state index contributed by atoms with van der Waals surface area (Å²) in [5, 5.41) is 7.07. The van der Waals surface area contributed by atoms with Gasteiger partial charge in [-0.1, -0.05) is 29.3 Å². The molecule has 1 heterocycles. The summed E-state index contributed by atoms with van der Waals surface area (Å²) in [5.41, 5.74) is 1.31. The number of carbonyl (C=O) groups excluding carboxylic acids is 2. The number of halogens is 2. The molecule has 0 fully saturated rings. The third-order valence-electron chi connectivity index (χ3n) is 3.29. The topological polar surface area (TPSA) is 49.4 Å². The number of carbonyl (C=O) groups is 2. The molecule has 1 aromatic heterocycles. The highest BCUT2D eigenvalue weighted by molar-refractivity contribution is 7.07. The van der Waals surface area contributed by atoms with Gasteiger partial charge in [0.2, 0.25) is 5.91 Å². The van der Waals surface area contributed by atoms with E-state index in [0.717, 1.165) is 5.56 Å². The number of hydrogen-bond donors (Lipinski definition) is 1. The van der Waals surface area contributed by atoms with E-state index in [1.54, 1.807) is 48.4 Å². The summed E-state index contributed by atoms with van der Waals surface area (Å²) in [7, 11) is 1.70. The van der Waals surface area contributed by atoms with Crippen molar-refractivity contribution in [1.82, 2.24) is 10.2 Å². The Morgan fingerprint density at radius 3 is 2.70 bits per heavy atom. The van der Waals surface area contributed by atoms with Crippen molar-refractivity contribution in [2.45, 2.75) is 19.5 Å². The van der Waals surface area contributed by atoms with Crippen molar-refractivity contribution in [2.75, 3.05) is 7.05 Å². The third kappa shape index (κ3) is 4.47. The highest BCUT2D eigenvalue weighted by Gasteiger charge is 2.21. The number of nitrogens with one attached hydrogen (secondary N) is 1. The predicted octanol–water partition coefficient (Wildman–Crippen LogP) is 3.83. The minimum absolute atomic E-state index is 0.178. The van der Waals surface area contributed by atoms with E-state index in [9.17, 15) is 9.59 Å². The number of amides is 2. The molecule has 2 aromatic rings. The first kappa shape index (κ1) is 17.8. The molecular formula is C16H16Cl2N2O2S. The van der Waals surface area contributed by atoms with Crippen LogP contribution >= 0.6 is 34.5 Å². The molecule has 1 atom stereocenters. The zero-order valence-electron chi connectivity index (χ0n) is 12.7. The molecule has 0 aliphatic rings. The molecule has 0 spiro atoms. The molecule has 2 amide bonds. The lowest BCUT2D eigenvalue weighted by Gasteiger charge is -2.22. The number of benzene rings is 1. The van der Waals surface area contributed by atoms with Gasteiger partial charge in [0.1, 0.15) is 6.04 Å². The average molecular weight is 371 g/mol. The molecule has 0 radical (unpaired) electrons. The number of nitrogens with zero attached hydrogens (tertiary/aromatic N) is 1. The van der Waals surface area contributed by atoms with Gasteiger partial charge < -0.3 is 10.2 Å². The van der Waals surface area contributed by atoms with Crippen LogP contribution in [-0.2, 0) is 11.3 Å². The number of rotatable bonds is 5. The van der Waals surface area contributed by atoms with Gasteiger partial charge in [-0.2, -0.15) is 11.3 Å². The molecule has 2 rings (SSSR count). The Hall–Kier alpha value is -1.56. The lowest BCUT2D eigenvalue weighted by molar-refractivity contribution is -0.132. The van der Waals surface area contributed by atoms with Crippen molar-refractivity contribution >= 4 is 46.4 Å². The van der Waals surface area contributed by atoms with E-state index in [2.05, 4.69) is 5.32 Å². The average Bonchev–Trinajstić information content (AvgIpc) is 3.01. The third-order valence-corrected chi connectivity index (χ3v) is 4.84. The molecule has 0 bridgehead atoms. The van der Waals surface area contributed by atoms with Crippen LogP contribution in [0.1, 0.15) is 22.8 Å². The smallest absolute Gasteiger partial charge is 0.253 e. The van der Waals surface area contributed by atoms with Gasteiger partial charge >= 0.3 is 0 Å². The van der Waals surface area contributed by atoms with Crippen LogP contribution in [0.5, 0.6) is 0 Å². The Morgan fingerprint density at radius 1 is 1.30 bits per heavy atom. The van der Waals surface area contributed by atoms with Gasteiger partial charge in [-0.3, -0.25) is 9.59 Å². The molecule has 0 aliphatic heterocycles. The van der Waals surface area contributed by atoms with Gasteiger partial charge in [0.15, 0.2) is 0 Å². The van der Waals surface area contributed by atoms with Crippen molar-refractivity contribution < 1.29 is 9.59 Å². The lowest BCUT2D eigenvalue weighted by atomic mass is 10.2. The van der Waals surface area contributed by atoms with Gasteiger partial charge in [-0.15, -0.1) is 0 Å². The van der Waals surface area contributed by atoms with E-state index in [-0.39, 0.29) is 16.5 Å². The first-order valence-electron chi connectivity index (χ1n) is 6.91. The predicted molar refractivity (Wildman–Crippen MR) is 94.2 cm³/mol. The van der Waals surface area contributed by atoms with Crippen molar-refractivity contribution in [3.8, 4) is 0 Å². The highest BCUT2D eigenvalue weighted by Crippen LogP contribution is 2.25. The van der Waals surface area contributed by atoms with E-state index in [1.807, 2.05) is 16.8 Å². The molecule has 0 aliphatic carbocycles. The van der Waals surface area contributed by atoms with Crippen LogP contribution < -0.4 is 5.32 Å². The summed E-state index contributed by atoms with van der Waals surface area (Å²) in [4.78, 5) is 26.2. The Morgan fingerprint density at radius 2 is 2.04 bits per heavy atom. The van der Waals surface area contributed by atoms with E-state index < -0.39 is 11.9 Å². The molecule has 0 saturated heterocycles. The molecule has 0 saturated carbocycles. The zero-order chi connectivity index (χ0) is 17.0. The maximum Gasteiger partial charge on any atom is 0.253 e. The Bertz CT molecular complexity index is 704. The molecule has 1 N–H and O–H groups in total. The zero-order valence-corrected chi connectivity index (χ0v) is 15.0. The van der Waals surface area contributed by atoms with Crippen LogP contribution in [0.4, 0.5) is 0 Å². The fourth-order valence-corrected chi connectivity index (χ4v) is 3.13. The minimum Gasteiger partial charge on any atom is -0.340 e. The van der Waals surface area contributed by atoms with Crippen LogP contribution in [-0.4, -0.2) is 29.8 Å². The maximum absolute atomic E-state index is 12.3. The molecule has 23 heavy (non-hydrogen) atoms. The summed E-state index contributed by atoms with van der Waals surface area (Å²) in [6.07, 6.45) is 0. The Kier molecular flexibility index (Phi) is 6.04. The summed E-state index contributed by atoms with van der Waals surface area (Å²) < 4.78 is 0. The van der Waals surface area contributed by atoms with Crippen molar-refractivity contribution in [3.63, 3.8) is 0 Å². The van der Waals surface area contributed by atoms with Crippen molar-refractivity contribution in [3.05, 3.63) is 56.2 Å². The van der Waals surface area contributed by atoms with Crippen molar-refractivity contribution in [2.24, 2.45) is 0 Å². The SMILES string of the molecule is C[C@H](NC(=O)c1cccc(Cl)c1Cl)C(=O)N(C)Cc1ccsc1. The monoisotopic (exact) mass is 370 g/mol. The Labute approximate surface area is 149 Å². The molecule has 1 aromatic carbocycles. The first-order valence-corrected chi connectivity index (χ1v) is 8.61. The van der Waals surface area contributed by atoms with Gasteiger partial charge in [0.05, 0.1) is 15.6 Å². The van der Waals surface area contributed by atoms with E-state index >= 15 is 0 Å². The summed E-state index contributed by atoms with van der Waals surface area (Å²) in [6.45, 7) is 2.14.